The summed E-state index contributed by atoms with van der Waals surface area (Å²) in [5, 5.41) is 4.69. The van der Waals surface area contributed by atoms with Crippen molar-refractivity contribution >= 4 is 17.3 Å². The van der Waals surface area contributed by atoms with Crippen molar-refractivity contribution in [2.45, 2.75) is 19.4 Å². The van der Waals surface area contributed by atoms with E-state index in [0.717, 1.165) is 42.3 Å². The lowest BCUT2D eigenvalue weighted by Crippen LogP contribution is -2.19. The molecule has 1 aliphatic rings. The Morgan fingerprint density at radius 2 is 1.81 bits per heavy atom. The topological polar surface area (TPSA) is 49.6 Å². The molecule has 4 aromatic rings. The van der Waals surface area contributed by atoms with Gasteiger partial charge in [-0.25, -0.2) is 23.3 Å². The van der Waals surface area contributed by atoms with Gasteiger partial charge in [0.1, 0.15) is 23.3 Å². The summed E-state index contributed by atoms with van der Waals surface area (Å²) in [6, 6.07) is 11.2. The first-order chi connectivity index (χ1) is 15.1. The van der Waals surface area contributed by atoms with E-state index in [1.54, 1.807) is 22.7 Å². The monoisotopic (exact) mass is 420 g/mol. The van der Waals surface area contributed by atoms with Gasteiger partial charge in [0.2, 0.25) is 0 Å². The van der Waals surface area contributed by atoms with Gasteiger partial charge in [-0.2, -0.15) is 0 Å². The van der Waals surface area contributed by atoms with Crippen LogP contribution in [0.1, 0.15) is 18.4 Å². The highest BCUT2D eigenvalue weighted by atomic mass is 19.1. The molecule has 8 heteroatoms. The Kier molecular flexibility index (Phi) is 4.97. The van der Waals surface area contributed by atoms with Crippen molar-refractivity contribution in [3.63, 3.8) is 0 Å². The van der Waals surface area contributed by atoms with E-state index < -0.39 is 11.6 Å². The van der Waals surface area contributed by atoms with Crippen LogP contribution in [-0.2, 0) is 6.54 Å². The number of rotatable bonds is 5. The number of hydrogen-bond acceptors (Lipinski definition) is 5. The fourth-order valence-corrected chi connectivity index (χ4v) is 3.94. The van der Waals surface area contributed by atoms with Gasteiger partial charge in [-0.1, -0.05) is 0 Å². The zero-order valence-corrected chi connectivity index (χ0v) is 17.2. The summed E-state index contributed by atoms with van der Waals surface area (Å²) in [4.78, 5) is 13.1. The summed E-state index contributed by atoms with van der Waals surface area (Å²) >= 11 is 0. The lowest BCUT2D eigenvalue weighted by Gasteiger charge is -2.19. The first-order valence-electron chi connectivity index (χ1n) is 10.3. The molecule has 158 valence electrons. The van der Waals surface area contributed by atoms with Gasteiger partial charge in [0, 0.05) is 44.0 Å². The Bertz CT molecular complexity index is 1210. The molecule has 0 atom stereocenters. The Labute approximate surface area is 178 Å². The van der Waals surface area contributed by atoms with Gasteiger partial charge in [-0.05, 0) is 55.3 Å². The summed E-state index contributed by atoms with van der Waals surface area (Å²) in [6.07, 6.45) is 6.02. The minimum Gasteiger partial charge on any atom is -0.357 e. The van der Waals surface area contributed by atoms with Gasteiger partial charge >= 0.3 is 0 Å². The molecule has 1 saturated heterocycles. The van der Waals surface area contributed by atoms with Gasteiger partial charge < -0.3 is 9.80 Å². The zero-order valence-electron chi connectivity index (χ0n) is 17.2. The average molecular weight is 420 g/mol. The SMILES string of the molecule is CN(Cc1cc(F)ccc1F)c1ccc2ncc(-c3ccc(N4CCCC4)nc3)n2n1. The number of benzene rings is 1. The summed E-state index contributed by atoms with van der Waals surface area (Å²) in [7, 11) is 1.79. The molecule has 0 amide bonds. The number of hydrogen-bond donors (Lipinski definition) is 0. The Morgan fingerprint density at radius 1 is 0.968 bits per heavy atom. The number of halogens is 2. The van der Waals surface area contributed by atoms with Crippen molar-refractivity contribution in [2.24, 2.45) is 0 Å². The quantitative estimate of drug-likeness (QED) is 0.482. The molecule has 1 aliphatic heterocycles. The lowest BCUT2D eigenvalue weighted by atomic mass is 10.2. The van der Waals surface area contributed by atoms with Crippen molar-refractivity contribution in [2.75, 3.05) is 29.9 Å². The van der Waals surface area contributed by atoms with Crippen molar-refractivity contribution < 1.29 is 8.78 Å². The molecule has 4 heterocycles. The van der Waals surface area contributed by atoms with Crippen molar-refractivity contribution in [1.82, 2.24) is 19.6 Å². The number of imidazole rings is 1. The van der Waals surface area contributed by atoms with Gasteiger partial charge in [-0.15, -0.1) is 5.10 Å². The Hall–Kier alpha value is -3.55. The van der Waals surface area contributed by atoms with Crippen LogP contribution in [-0.4, -0.2) is 39.7 Å². The number of nitrogens with zero attached hydrogens (tertiary/aromatic N) is 6. The predicted octanol–water partition coefficient (Wildman–Crippen LogP) is 4.31. The fourth-order valence-electron chi connectivity index (χ4n) is 3.94. The highest BCUT2D eigenvalue weighted by Crippen LogP contribution is 2.25. The first-order valence-corrected chi connectivity index (χ1v) is 10.3. The summed E-state index contributed by atoms with van der Waals surface area (Å²) in [6.45, 7) is 2.29. The van der Waals surface area contributed by atoms with Crippen LogP contribution in [0.3, 0.4) is 0 Å². The molecule has 1 aromatic carbocycles. The smallest absolute Gasteiger partial charge is 0.154 e. The van der Waals surface area contributed by atoms with E-state index in [4.69, 9.17) is 0 Å². The standard InChI is InChI=1S/C23H22F2N6/c1-29(15-17-12-18(24)5-6-19(17)25)23-9-8-22-27-14-20(31(22)28-23)16-4-7-21(26-13-16)30-10-2-3-11-30/h4-9,12-14H,2-3,10-11,15H2,1H3. The van der Waals surface area contributed by atoms with Crippen LogP contribution in [0.2, 0.25) is 0 Å². The van der Waals surface area contributed by atoms with Gasteiger partial charge in [0.25, 0.3) is 0 Å². The Morgan fingerprint density at radius 3 is 2.58 bits per heavy atom. The zero-order chi connectivity index (χ0) is 21.4. The van der Waals surface area contributed by atoms with Crippen LogP contribution in [0.25, 0.3) is 16.9 Å². The third kappa shape index (κ3) is 3.81. The first kappa shape index (κ1) is 19.4. The molecule has 6 nitrogen and oxygen atoms in total. The summed E-state index contributed by atoms with van der Waals surface area (Å²) in [5.41, 5.74) is 2.71. The third-order valence-electron chi connectivity index (χ3n) is 5.63. The molecule has 0 bridgehead atoms. The lowest BCUT2D eigenvalue weighted by molar-refractivity contribution is 0.583. The highest BCUT2D eigenvalue weighted by molar-refractivity contribution is 5.64. The van der Waals surface area contributed by atoms with Crippen LogP contribution < -0.4 is 9.80 Å². The van der Waals surface area contributed by atoms with E-state index in [-0.39, 0.29) is 12.1 Å². The minimum atomic E-state index is -0.463. The van der Waals surface area contributed by atoms with E-state index in [2.05, 4.69) is 20.0 Å². The molecular weight excluding hydrogens is 398 g/mol. The average Bonchev–Trinajstić information content (AvgIpc) is 3.46. The second-order valence-electron chi connectivity index (χ2n) is 7.80. The Balaban J connectivity index is 1.43. The van der Waals surface area contributed by atoms with E-state index in [9.17, 15) is 8.78 Å². The van der Waals surface area contributed by atoms with Crippen molar-refractivity contribution in [3.8, 4) is 11.3 Å². The molecule has 1 fully saturated rings. The van der Waals surface area contributed by atoms with E-state index >= 15 is 0 Å². The third-order valence-corrected chi connectivity index (χ3v) is 5.63. The number of anilines is 2. The molecule has 0 radical (unpaired) electrons. The maximum absolute atomic E-state index is 14.0. The molecule has 3 aromatic heterocycles. The molecule has 0 N–H and O–H groups in total. The molecule has 5 rings (SSSR count). The maximum atomic E-state index is 14.0. The van der Waals surface area contributed by atoms with Crippen molar-refractivity contribution in [3.05, 3.63) is 72.1 Å². The highest BCUT2D eigenvalue weighted by Gasteiger charge is 2.15. The second-order valence-corrected chi connectivity index (χ2v) is 7.80. The normalized spacial score (nSPS) is 13.8. The van der Waals surface area contributed by atoms with Crippen LogP contribution in [0.5, 0.6) is 0 Å². The largest absolute Gasteiger partial charge is 0.357 e. The molecule has 0 saturated carbocycles. The number of fused-ring (bicyclic) bond motifs is 1. The van der Waals surface area contributed by atoms with Gasteiger partial charge in [0.05, 0.1) is 11.9 Å². The molecule has 31 heavy (non-hydrogen) atoms. The minimum absolute atomic E-state index is 0.193. The van der Waals surface area contributed by atoms with Crippen LogP contribution in [0.15, 0.2) is 54.9 Å². The van der Waals surface area contributed by atoms with Crippen LogP contribution in [0, 0.1) is 11.6 Å². The van der Waals surface area contributed by atoms with E-state index in [0.29, 0.717) is 11.5 Å². The summed E-state index contributed by atoms with van der Waals surface area (Å²) < 4.78 is 29.3. The molecule has 0 spiro atoms. The van der Waals surface area contributed by atoms with Gasteiger partial charge in [0.15, 0.2) is 5.65 Å². The van der Waals surface area contributed by atoms with Crippen molar-refractivity contribution in [1.29, 1.82) is 0 Å². The van der Waals surface area contributed by atoms with E-state index in [1.807, 2.05) is 30.5 Å². The van der Waals surface area contributed by atoms with Crippen LogP contribution in [0.4, 0.5) is 20.4 Å². The number of pyridine rings is 1. The maximum Gasteiger partial charge on any atom is 0.154 e. The predicted molar refractivity (Wildman–Crippen MR) is 116 cm³/mol. The fraction of sp³-hybridized carbons (Fsp3) is 0.261. The second kappa shape index (κ2) is 7.94. The molecule has 0 unspecified atom stereocenters. The molecular formula is C23H22F2N6. The van der Waals surface area contributed by atoms with Crippen LogP contribution >= 0.6 is 0 Å². The van der Waals surface area contributed by atoms with Gasteiger partial charge in [-0.3, -0.25) is 0 Å². The summed E-state index contributed by atoms with van der Waals surface area (Å²) in [5.74, 6) is 0.703. The van der Waals surface area contributed by atoms with E-state index in [1.165, 1.54) is 18.9 Å². The molecule has 0 aliphatic carbocycles. The number of aromatic nitrogens is 4.